The Morgan fingerprint density at radius 1 is 0.886 bits per heavy atom. The van der Waals surface area contributed by atoms with E-state index in [1.165, 1.54) is 18.4 Å². The molecule has 1 fully saturated rings. The third-order valence-corrected chi connectivity index (χ3v) is 6.45. The molecule has 0 bridgehead atoms. The smallest absolute Gasteiger partial charge is 0.160 e. The van der Waals surface area contributed by atoms with Crippen LogP contribution in [0.3, 0.4) is 0 Å². The summed E-state index contributed by atoms with van der Waals surface area (Å²) >= 11 is 0. The number of methoxy groups -OCH3 is 3. The highest BCUT2D eigenvalue weighted by Gasteiger charge is 2.26. The van der Waals surface area contributed by atoms with Gasteiger partial charge in [0, 0.05) is 19.7 Å². The Bertz CT molecular complexity index is 859. The molecule has 0 aromatic heterocycles. The van der Waals surface area contributed by atoms with Gasteiger partial charge in [-0.25, -0.2) is 0 Å². The predicted molar refractivity (Wildman–Crippen MR) is 137 cm³/mol. The zero-order chi connectivity index (χ0) is 24.9. The average molecular weight is 488 g/mol. The van der Waals surface area contributed by atoms with Crippen LogP contribution >= 0.6 is 0 Å². The summed E-state index contributed by atoms with van der Waals surface area (Å²) in [6.07, 6.45) is 5.69. The van der Waals surface area contributed by atoms with Crippen LogP contribution < -0.4 is 19.5 Å². The third kappa shape index (κ3) is 9.00. The topological polar surface area (TPSA) is 78.4 Å². The Labute approximate surface area is 209 Å². The van der Waals surface area contributed by atoms with Crippen molar-refractivity contribution in [3.63, 3.8) is 0 Å². The summed E-state index contributed by atoms with van der Waals surface area (Å²) in [4.78, 5) is 0. The molecule has 0 amide bonds. The van der Waals surface area contributed by atoms with E-state index >= 15 is 0 Å². The average Bonchev–Trinajstić information content (AvgIpc) is 2.90. The maximum absolute atomic E-state index is 10.4. The van der Waals surface area contributed by atoms with Crippen molar-refractivity contribution in [2.45, 2.75) is 56.8 Å². The highest BCUT2D eigenvalue weighted by atomic mass is 16.5. The molecule has 0 heterocycles. The molecule has 3 atom stereocenters. The van der Waals surface area contributed by atoms with Crippen LogP contribution in [-0.4, -0.2) is 71.1 Å². The molecule has 2 aromatic rings. The largest absolute Gasteiger partial charge is 0.493 e. The van der Waals surface area contributed by atoms with Crippen LogP contribution in [0.15, 0.2) is 42.5 Å². The summed E-state index contributed by atoms with van der Waals surface area (Å²) in [7, 11) is 4.99. The van der Waals surface area contributed by atoms with Crippen LogP contribution in [0.1, 0.15) is 36.8 Å². The van der Waals surface area contributed by atoms with Gasteiger partial charge in [0.1, 0.15) is 18.5 Å². The quantitative estimate of drug-likeness (QED) is 0.396. The van der Waals surface area contributed by atoms with E-state index in [4.69, 9.17) is 23.7 Å². The van der Waals surface area contributed by atoms with Crippen molar-refractivity contribution in [3.8, 4) is 17.2 Å². The van der Waals surface area contributed by atoms with Crippen molar-refractivity contribution in [3.05, 3.63) is 53.6 Å². The van der Waals surface area contributed by atoms with Gasteiger partial charge in [0.25, 0.3) is 0 Å². The minimum atomic E-state index is -0.586. The summed E-state index contributed by atoms with van der Waals surface area (Å²) in [5, 5.41) is 14.0. The molecule has 2 N–H and O–H groups in total. The van der Waals surface area contributed by atoms with Crippen LogP contribution in [0.2, 0.25) is 0 Å². The summed E-state index contributed by atoms with van der Waals surface area (Å²) in [6, 6.07) is 14.2. The predicted octanol–water partition coefficient (Wildman–Crippen LogP) is 3.79. The first kappa shape index (κ1) is 27.3. The number of nitrogens with one attached hydrogen (secondary N) is 1. The Balaban J connectivity index is 1.39. The van der Waals surface area contributed by atoms with Gasteiger partial charge in [0.05, 0.1) is 33.5 Å². The molecule has 1 saturated carbocycles. The standard InChI is InChI=1S/C28H41NO6/c1-31-16-14-21-8-11-24(12-9-21)35-20-23(30)19-29-25-6-4-5-7-26(25)34-17-15-22-10-13-27(32-2)28(18-22)33-3/h8-13,18,23,25-26,29-30H,4-7,14-17,19-20H2,1-3H3/t23?,25-,26?/m1/s1. The van der Waals surface area contributed by atoms with Gasteiger partial charge in [0.2, 0.25) is 0 Å². The number of benzene rings is 2. The molecule has 194 valence electrons. The van der Waals surface area contributed by atoms with Crippen molar-refractivity contribution in [2.75, 3.05) is 47.7 Å². The lowest BCUT2D eigenvalue weighted by Gasteiger charge is -2.33. The lowest BCUT2D eigenvalue weighted by atomic mass is 9.92. The molecule has 1 aliphatic carbocycles. The second kappa shape index (κ2) is 14.9. The zero-order valence-corrected chi connectivity index (χ0v) is 21.3. The van der Waals surface area contributed by atoms with Crippen molar-refractivity contribution in [1.82, 2.24) is 5.32 Å². The second-order valence-electron chi connectivity index (χ2n) is 9.00. The Hall–Kier alpha value is -2.32. The molecule has 0 spiro atoms. The highest BCUT2D eigenvalue weighted by Crippen LogP contribution is 2.28. The molecule has 3 rings (SSSR count). The van der Waals surface area contributed by atoms with E-state index in [9.17, 15) is 5.11 Å². The Morgan fingerprint density at radius 3 is 2.34 bits per heavy atom. The van der Waals surface area contributed by atoms with Gasteiger partial charge in [-0.1, -0.05) is 31.0 Å². The highest BCUT2D eigenvalue weighted by molar-refractivity contribution is 5.42. The van der Waals surface area contributed by atoms with Gasteiger partial charge >= 0.3 is 0 Å². The lowest BCUT2D eigenvalue weighted by molar-refractivity contribution is 0.00183. The lowest BCUT2D eigenvalue weighted by Crippen LogP contribution is -2.47. The Morgan fingerprint density at radius 2 is 1.60 bits per heavy atom. The monoisotopic (exact) mass is 487 g/mol. The molecule has 0 radical (unpaired) electrons. The molecule has 7 nitrogen and oxygen atoms in total. The Kier molecular flexibility index (Phi) is 11.6. The number of hydrogen-bond acceptors (Lipinski definition) is 7. The van der Waals surface area contributed by atoms with Gasteiger partial charge in [-0.05, 0) is 61.1 Å². The van der Waals surface area contributed by atoms with Crippen LogP contribution in [0.5, 0.6) is 17.2 Å². The molecular weight excluding hydrogens is 446 g/mol. The first-order chi connectivity index (χ1) is 17.1. The maximum Gasteiger partial charge on any atom is 0.160 e. The maximum atomic E-state index is 10.4. The minimum Gasteiger partial charge on any atom is -0.493 e. The van der Waals surface area contributed by atoms with Crippen LogP contribution in [0.4, 0.5) is 0 Å². The van der Waals surface area contributed by atoms with Crippen molar-refractivity contribution in [1.29, 1.82) is 0 Å². The summed E-state index contributed by atoms with van der Waals surface area (Å²) in [5.41, 5.74) is 2.36. The van der Waals surface area contributed by atoms with Gasteiger partial charge in [-0.2, -0.15) is 0 Å². The number of aliphatic hydroxyl groups is 1. The molecule has 2 unspecified atom stereocenters. The molecule has 0 saturated heterocycles. The summed E-state index contributed by atoms with van der Waals surface area (Å²) < 4.78 is 27.9. The summed E-state index contributed by atoms with van der Waals surface area (Å²) in [6.45, 7) is 2.07. The normalized spacial score (nSPS) is 18.7. The number of hydrogen-bond donors (Lipinski definition) is 2. The number of aliphatic hydroxyl groups excluding tert-OH is 1. The van der Waals surface area contributed by atoms with E-state index in [2.05, 4.69) is 5.32 Å². The molecule has 7 heteroatoms. The SMILES string of the molecule is COCCc1ccc(OCC(O)CN[C@@H]2CCCCC2OCCc2ccc(OC)c(OC)c2)cc1. The molecule has 1 aliphatic rings. The van der Waals surface area contributed by atoms with Crippen molar-refractivity contribution < 1.29 is 28.8 Å². The molecule has 0 aliphatic heterocycles. The van der Waals surface area contributed by atoms with Crippen LogP contribution in [0, 0.1) is 0 Å². The van der Waals surface area contributed by atoms with E-state index in [1.807, 2.05) is 42.5 Å². The third-order valence-electron chi connectivity index (χ3n) is 6.45. The van der Waals surface area contributed by atoms with E-state index in [1.54, 1.807) is 21.3 Å². The van der Waals surface area contributed by atoms with E-state index in [-0.39, 0.29) is 18.8 Å². The zero-order valence-electron chi connectivity index (χ0n) is 21.3. The van der Waals surface area contributed by atoms with Crippen LogP contribution in [-0.2, 0) is 22.3 Å². The first-order valence-electron chi connectivity index (χ1n) is 12.6. The van der Waals surface area contributed by atoms with Crippen molar-refractivity contribution in [2.24, 2.45) is 0 Å². The fourth-order valence-corrected chi connectivity index (χ4v) is 4.41. The van der Waals surface area contributed by atoms with Gasteiger partial charge in [-0.15, -0.1) is 0 Å². The molecular formula is C28H41NO6. The minimum absolute atomic E-state index is 0.150. The summed E-state index contributed by atoms with van der Waals surface area (Å²) in [5.74, 6) is 2.23. The van der Waals surface area contributed by atoms with E-state index in [0.717, 1.165) is 48.5 Å². The number of rotatable bonds is 15. The van der Waals surface area contributed by atoms with E-state index in [0.29, 0.717) is 19.8 Å². The fourth-order valence-electron chi connectivity index (χ4n) is 4.41. The van der Waals surface area contributed by atoms with E-state index < -0.39 is 6.10 Å². The molecule has 2 aromatic carbocycles. The van der Waals surface area contributed by atoms with Gasteiger partial charge < -0.3 is 34.1 Å². The fraction of sp³-hybridized carbons (Fsp3) is 0.571. The molecule has 35 heavy (non-hydrogen) atoms. The van der Waals surface area contributed by atoms with Crippen LogP contribution in [0.25, 0.3) is 0 Å². The first-order valence-corrected chi connectivity index (χ1v) is 12.6. The van der Waals surface area contributed by atoms with Gasteiger partial charge in [0.15, 0.2) is 11.5 Å². The van der Waals surface area contributed by atoms with Gasteiger partial charge in [-0.3, -0.25) is 0 Å². The number of ether oxygens (including phenoxy) is 5. The second-order valence-corrected chi connectivity index (χ2v) is 9.00. The van der Waals surface area contributed by atoms with Crippen molar-refractivity contribution >= 4 is 0 Å².